The Labute approximate surface area is 203 Å². The predicted octanol–water partition coefficient (Wildman–Crippen LogP) is 9.96. The van der Waals surface area contributed by atoms with Gasteiger partial charge in [-0.1, -0.05) is 96.1 Å². The lowest BCUT2D eigenvalue weighted by atomic mass is 10.0. The lowest BCUT2D eigenvalue weighted by Gasteiger charge is -2.42. The first-order valence-electron chi connectivity index (χ1n) is 12.5. The van der Waals surface area contributed by atoms with Crippen molar-refractivity contribution >= 4 is 41.0 Å². The summed E-state index contributed by atoms with van der Waals surface area (Å²) < 4.78 is 13.9. The highest BCUT2D eigenvalue weighted by molar-refractivity contribution is 6.78. The molecule has 0 radical (unpaired) electrons. The molecule has 0 saturated carbocycles. The quantitative estimate of drug-likeness (QED) is 0.232. The van der Waals surface area contributed by atoms with Crippen LogP contribution in [0.1, 0.15) is 41.5 Å². The van der Waals surface area contributed by atoms with Gasteiger partial charge in [0.15, 0.2) is 0 Å². The summed E-state index contributed by atoms with van der Waals surface area (Å²) in [6.07, 6.45) is 0. The largest absolute Gasteiger partial charge is 0.542 e. The first-order chi connectivity index (χ1) is 16.3. The molecule has 1 aromatic heterocycles. The number of rotatable bonds is 6. The Bertz CT molecular complexity index is 1440. The summed E-state index contributed by atoms with van der Waals surface area (Å²) in [6.45, 7) is 14.0. The van der Waals surface area contributed by atoms with Gasteiger partial charge in [0.25, 0.3) is 8.32 Å². The zero-order valence-corrected chi connectivity index (χ0v) is 22.1. The fraction of sp³-hybridized carbons (Fsp3) is 0.290. The molecule has 0 spiro atoms. The maximum absolute atomic E-state index is 7.25. The third kappa shape index (κ3) is 3.54. The molecule has 0 atom stereocenters. The smallest absolute Gasteiger partial charge is 0.258 e. The van der Waals surface area contributed by atoms with Crippen LogP contribution in [0.3, 0.4) is 0 Å². The van der Waals surface area contributed by atoms with Crippen LogP contribution in [0, 0.1) is 0 Å². The van der Waals surface area contributed by atoms with Gasteiger partial charge in [-0.05, 0) is 57.2 Å². The molecule has 3 heteroatoms. The van der Waals surface area contributed by atoms with Gasteiger partial charge in [-0.2, -0.15) is 0 Å². The lowest BCUT2D eigenvalue weighted by molar-refractivity contribution is 0.484. The molecule has 0 fully saturated rings. The van der Waals surface area contributed by atoms with E-state index in [1.807, 2.05) is 0 Å². The van der Waals surface area contributed by atoms with Crippen LogP contribution in [0.15, 0.2) is 83.3 Å². The van der Waals surface area contributed by atoms with E-state index in [4.69, 9.17) is 8.84 Å². The summed E-state index contributed by atoms with van der Waals surface area (Å²) in [5, 5.41) is 4.63. The molecule has 34 heavy (non-hydrogen) atoms. The van der Waals surface area contributed by atoms with Crippen LogP contribution in [-0.2, 0) is 0 Å². The predicted molar refractivity (Wildman–Crippen MR) is 148 cm³/mol. The molecule has 2 nitrogen and oxygen atoms in total. The van der Waals surface area contributed by atoms with Crippen LogP contribution in [0.25, 0.3) is 43.8 Å². The molecule has 0 unspecified atom stereocenters. The average molecular weight is 467 g/mol. The molecule has 0 N–H and O–H groups in total. The van der Waals surface area contributed by atoms with E-state index in [9.17, 15) is 0 Å². The Balaban J connectivity index is 1.84. The van der Waals surface area contributed by atoms with E-state index in [2.05, 4.69) is 120 Å². The minimum atomic E-state index is -2.14. The molecule has 5 rings (SSSR count). The number of hydrogen-bond donors (Lipinski definition) is 0. The highest BCUT2D eigenvalue weighted by atomic mass is 28.4. The Kier molecular flexibility index (Phi) is 5.77. The van der Waals surface area contributed by atoms with E-state index < -0.39 is 8.32 Å². The fourth-order valence-corrected chi connectivity index (χ4v) is 11.3. The second-order valence-electron chi connectivity index (χ2n) is 10.4. The first-order valence-corrected chi connectivity index (χ1v) is 14.6. The van der Waals surface area contributed by atoms with Crippen molar-refractivity contribution < 1.29 is 8.84 Å². The van der Waals surface area contributed by atoms with Crippen LogP contribution < -0.4 is 4.43 Å². The van der Waals surface area contributed by atoms with E-state index >= 15 is 0 Å². The number of furan rings is 1. The van der Waals surface area contributed by atoms with Gasteiger partial charge < -0.3 is 8.84 Å². The Morgan fingerprint density at radius 1 is 0.676 bits per heavy atom. The van der Waals surface area contributed by atoms with Gasteiger partial charge in [-0.25, -0.2) is 0 Å². The van der Waals surface area contributed by atoms with Gasteiger partial charge in [0.1, 0.15) is 16.9 Å². The molecular formula is C31H34O2Si. The maximum atomic E-state index is 7.25. The van der Waals surface area contributed by atoms with Crippen LogP contribution >= 0.6 is 0 Å². The Morgan fingerprint density at radius 3 is 1.88 bits per heavy atom. The van der Waals surface area contributed by atoms with Crippen molar-refractivity contribution in [3.63, 3.8) is 0 Å². The monoisotopic (exact) mass is 466 g/mol. The van der Waals surface area contributed by atoms with Gasteiger partial charge >= 0.3 is 0 Å². The minimum Gasteiger partial charge on any atom is -0.542 e. The van der Waals surface area contributed by atoms with Gasteiger partial charge in [0.2, 0.25) is 0 Å². The van der Waals surface area contributed by atoms with Gasteiger partial charge in [-0.15, -0.1) is 0 Å². The molecule has 0 aliphatic rings. The fourth-order valence-electron chi connectivity index (χ4n) is 6.01. The normalized spacial score (nSPS) is 12.6. The molecule has 1 heterocycles. The second kappa shape index (κ2) is 8.63. The molecule has 5 aromatic rings. The summed E-state index contributed by atoms with van der Waals surface area (Å²) in [5.74, 6) is 0.964. The molecule has 174 valence electrons. The van der Waals surface area contributed by atoms with Crippen molar-refractivity contribution in [3.05, 3.63) is 78.9 Å². The molecular weight excluding hydrogens is 432 g/mol. The van der Waals surface area contributed by atoms with Crippen LogP contribution in [0.5, 0.6) is 5.75 Å². The zero-order chi connectivity index (χ0) is 24.0. The van der Waals surface area contributed by atoms with Crippen molar-refractivity contribution in [2.45, 2.75) is 58.2 Å². The Hall–Kier alpha value is -3.04. The van der Waals surface area contributed by atoms with Crippen molar-refractivity contribution in [2.75, 3.05) is 0 Å². The van der Waals surface area contributed by atoms with E-state index in [1.54, 1.807) is 0 Å². The molecule has 0 saturated heterocycles. The minimum absolute atomic E-state index is 0.496. The number of fused-ring (bicyclic) bond motifs is 4. The number of benzene rings is 4. The summed E-state index contributed by atoms with van der Waals surface area (Å²) in [7, 11) is -2.14. The SMILES string of the molecule is CC(C)[Si](Oc1ccc(-c2ccccc2)c2oc3cc4ccccc4cc3c12)(C(C)C)C(C)C. The van der Waals surface area contributed by atoms with Crippen molar-refractivity contribution in [2.24, 2.45) is 0 Å². The highest BCUT2D eigenvalue weighted by Gasteiger charge is 2.47. The van der Waals surface area contributed by atoms with Crippen LogP contribution in [-0.4, -0.2) is 8.32 Å². The van der Waals surface area contributed by atoms with Gasteiger partial charge in [-0.3, -0.25) is 0 Å². The van der Waals surface area contributed by atoms with E-state index in [0.29, 0.717) is 16.6 Å². The standard InChI is InChI=1S/C31H34O2Si/c1-20(2)34(21(3)4,22(5)6)33-28-17-16-26(23-12-8-7-9-13-23)31-30(28)27-18-24-14-10-11-15-25(24)19-29(27)32-31/h7-22H,1-6H3. The zero-order valence-electron chi connectivity index (χ0n) is 21.1. The second-order valence-corrected chi connectivity index (χ2v) is 15.8. The van der Waals surface area contributed by atoms with Gasteiger partial charge in [0.05, 0.1) is 5.39 Å². The maximum Gasteiger partial charge on any atom is 0.258 e. The molecule has 0 amide bonds. The summed E-state index contributed by atoms with van der Waals surface area (Å²) in [5.41, 5.74) is 5.57. The molecule has 4 aromatic carbocycles. The highest BCUT2D eigenvalue weighted by Crippen LogP contribution is 2.47. The van der Waals surface area contributed by atoms with E-state index in [-0.39, 0.29) is 0 Å². The molecule has 0 aliphatic carbocycles. The van der Waals surface area contributed by atoms with Crippen LogP contribution in [0.4, 0.5) is 0 Å². The third-order valence-corrected chi connectivity index (χ3v) is 13.5. The number of hydrogen-bond acceptors (Lipinski definition) is 2. The lowest BCUT2D eigenvalue weighted by Crippen LogP contribution is -2.50. The van der Waals surface area contributed by atoms with Crippen molar-refractivity contribution in [3.8, 4) is 16.9 Å². The molecule has 0 aliphatic heterocycles. The van der Waals surface area contributed by atoms with Gasteiger partial charge in [0, 0.05) is 10.9 Å². The average Bonchev–Trinajstić information content (AvgIpc) is 3.19. The summed E-state index contributed by atoms with van der Waals surface area (Å²) >= 11 is 0. The summed E-state index contributed by atoms with van der Waals surface area (Å²) in [6, 6.07) is 27.8. The topological polar surface area (TPSA) is 22.4 Å². The summed E-state index contributed by atoms with van der Waals surface area (Å²) in [4.78, 5) is 0. The third-order valence-electron chi connectivity index (χ3n) is 7.53. The van der Waals surface area contributed by atoms with Crippen molar-refractivity contribution in [1.29, 1.82) is 0 Å². The molecule has 0 bridgehead atoms. The van der Waals surface area contributed by atoms with E-state index in [1.165, 1.54) is 10.8 Å². The van der Waals surface area contributed by atoms with Crippen LogP contribution in [0.2, 0.25) is 16.6 Å². The first kappa shape index (κ1) is 22.7. The Morgan fingerprint density at radius 2 is 1.26 bits per heavy atom. The van der Waals surface area contributed by atoms with Crippen molar-refractivity contribution in [1.82, 2.24) is 0 Å². The van der Waals surface area contributed by atoms with E-state index in [0.717, 1.165) is 38.8 Å².